The Morgan fingerprint density at radius 3 is 2.95 bits per heavy atom. The lowest BCUT2D eigenvalue weighted by atomic mass is 10.1. The molecule has 0 heterocycles. The van der Waals surface area contributed by atoms with E-state index in [0.29, 0.717) is 6.04 Å². The lowest BCUT2D eigenvalue weighted by molar-refractivity contribution is 0.533. The van der Waals surface area contributed by atoms with Crippen molar-refractivity contribution in [2.24, 2.45) is 0 Å². The summed E-state index contributed by atoms with van der Waals surface area (Å²) >= 11 is 0. The first-order chi connectivity index (χ1) is 9.72. The summed E-state index contributed by atoms with van der Waals surface area (Å²) in [6.45, 7) is 3.09. The molecule has 0 bridgehead atoms. The first-order valence-corrected chi connectivity index (χ1v) is 7.29. The summed E-state index contributed by atoms with van der Waals surface area (Å²) in [5, 5.41) is 3.60. The zero-order chi connectivity index (χ0) is 13.9. The lowest BCUT2D eigenvalue weighted by Gasteiger charge is -2.14. The predicted octanol–water partition coefficient (Wildman–Crippen LogP) is 3.95. The third-order valence-electron chi connectivity index (χ3n) is 4.07. The number of hydrogen-bond donors (Lipinski definition) is 1. The number of halogens is 1. The van der Waals surface area contributed by atoms with Crippen molar-refractivity contribution in [2.45, 2.75) is 32.2 Å². The number of rotatable bonds is 4. The molecule has 0 fully saturated rings. The van der Waals surface area contributed by atoms with E-state index in [4.69, 9.17) is 0 Å². The molecule has 1 atom stereocenters. The highest BCUT2D eigenvalue weighted by Crippen LogP contribution is 2.31. The highest BCUT2D eigenvalue weighted by atomic mass is 19.1. The van der Waals surface area contributed by atoms with Gasteiger partial charge in [-0.25, -0.2) is 4.39 Å². The van der Waals surface area contributed by atoms with Gasteiger partial charge < -0.3 is 5.32 Å². The van der Waals surface area contributed by atoms with Crippen molar-refractivity contribution in [1.29, 1.82) is 0 Å². The van der Waals surface area contributed by atoms with Gasteiger partial charge in [0, 0.05) is 6.04 Å². The number of aryl methyl sites for hydroxylation is 2. The van der Waals surface area contributed by atoms with Crippen LogP contribution in [0.15, 0.2) is 42.5 Å². The molecule has 1 N–H and O–H groups in total. The smallest absolute Gasteiger partial charge is 0.123 e. The van der Waals surface area contributed by atoms with Crippen LogP contribution in [0.25, 0.3) is 0 Å². The van der Waals surface area contributed by atoms with E-state index < -0.39 is 0 Å². The van der Waals surface area contributed by atoms with Crippen molar-refractivity contribution in [3.8, 4) is 0 Å². The van der Waals surface area contributed by atoms with E-state index in [1.54, 1.807) is 12.1 Å². The second-order valence-corrected chi connectivity index (χ2v) is 5.63. The molecule has 1 aliphatic carbocycles. The molecule has 1 unspecified atom stereocenters. The van der Waals surface area contributed by atoms with Crippen LogP contribution in [-0.2, 0) is 12.8 Å². The van der Waals surface area contributed by atoms with Gasteiger partial charge in [-0.3, -0.25) is 0 Å². The summed E-state index contributed by atoms with van der Waals surface area (Å²) in [5.41, 5.74) is 5.12. The molecule has 0 saturated carbocycles. The Morgan fingerprint density at radius 2 is 2.10 bits per heavy atom. The van der Waals surface area contributed by atoms with Crippen LogP contribution in [0.3, 0.4) is 0 Å². The van der Waals surface area contributed by atoms with Gasteiger partial charge in [0.25, 0.3) is 0 Å². The zero-order valence-electron chi connectivity index (χ0n) is 11.8. The van der Waals surface area contributed by atoms with Crippen LogP contribution in [0.1, 0.15) is 34.7 Å². The topological polar surface area (TPSA) is 12.0 Å². The zero-order valence-corrected chi connectivity index (χ0v) is 11.8. The Kier molecular flexibility index (Phi) is 3.83. The van der Waals surface area contributed by atoms with E-state index in [9.17, 15) is 4.39 Å². The van der Waals surface area contributed by atoms with E-state index in [1.165, 1.54) is 16.7 Å². The van der Waals surface area contributed by atoms with Crippen LogP contribution in [-0.4, -0.2) is 6.54 Å². The summed E-state index contributed by atoms with van der Waals surface area (Å²) in [7, 11) is 0. The van der Waals surface area contributed by atoms with Gasteiger partial charge in [-0.1, -0.05) is 35.9 Å². The largest absolute Gasteiger partial charge is 0.310 e. The maximum Gasteiger partial charge on any atom is 0.123 e. The van der Waals surface area contributed by atoms with Crippen LogP contribution in [0.5, 0.6) is 0 Å². The molecule has 1 nitrogen and oxygen atoms in total. The molecule has 0 amide bonds. The maximum atomic E-state index is 13.2. The standard InChI is InChI=1S/C18H20FN/c1-13-3-2-4-14(11-13)9-10-20-18-8-5-15-12-16(19)6-7-17(15)18/h2-4,6-7,11-12,18,20H,5,8-10H2,1H3. The van der Waals surface area contributed by atoms with E-state index >= 15 is 0 Å². The van der Waals surface area contributed by atoms with E-state index in [0.717, 1.165) is 31.4 Å². The van der Waals surface area contributed by atoms with Crippen molar-refractivity contribution >= 4 is 0 Å². The Labute approximate surface area is 119 Å². The van der Waals surface area contributed by atoms with Crippen molar-refractivity contribution in [2.75, 3.05) is 6.54 Å². The van der Waals surface area contributed by atoms with Crippen molar-refractivity contribution < 1.29 is 4.39 Å². The average molecular weight is 269 g/mol. The fourth-order valence-electron chi connectivity index (χ4n) is 3.06. The Bertz CT molecular complexity index is 606. The number of fused-ring (bicyclic) bond motifs is 1. The van der Waals surface area contributed by atoms with Gasteiger partial charge in [0.05, 0.1) is 0 Å². The van der Waals surface area contributed by atoms with Gasteiger partial charge >= 0.3 is 0 Å². The molecule has 0 saturated heterocycles. The van der Waals surface area contributed by atoms with Gasteiger partial charge in [0.2, 0.25) is 0 Å². The summed E-state index contributed by atoms with van der Waals surface area (Å²) in [6.07, 6.45) is 3.09. The molecular weight excluding hydrogens is 249 g/mol. The van der Waals surface area contributed by atoms with Gasteiger partial charge in [-0.2, -0.15) is 0 Å². The molecule has 3 rings (SSSR count). The monoisotopic (exact) mass is 269 g/mol. The Morgan fingerprint density at radius 1 is 1.20 bits per heavy atom. The fraction of sp³-hybridized carbons (Fsp3) is 0.333. The minimum atomic E-state index is -0.121. The molecule has 0 aromatic heterocycles. The Balaban J connectivity index is 1.58. The van der Waals surface area contributed by atoms with Crippen molar-refractivity contribution in [3.05, 3.63) is 70.5 Å². The molecular formula is C18H20FN. The van der Waals surface area contributed by atoms with Crippen LogP contribution < -0.4 is 5.32 Å². The highest BCUT2D eigenvalue weighted by Gasteiger charge is 2.21. The summed E-state index contributed by atoms with van der Waals surface area (Å²) in [5.74, 6) is -0.121. The van der Waals surface area contributed by atoms with Gasteiger partial charge in [-0.05, 0) is 61.6 Å². The molecule has 104 valence electrons. The number of nitrogens with one attached hydrogen (secondary N) is 1. The first kappa shape index (κ1) is 13.3. The summed E-state index contributed by atoms with van der Waals surface area (Å²) in [4.78, 5) is 0. The molecule has 2 aromatic carbocycles. The van der Waals surface area contributed by atoms with E-state index in [-0.39, 0.29) is 5.82 Å². The average Bonchev–Trinajstić information content (AvgIpc) is 2.81. The SMILES string of the molecule is Cc1cccc(CCNC2CCc3cc(F)ccc32)c1. The number of hydrogen-bond acceptors (Lipinski definition) is 1. The molecule has 0 aliphatic heterocycles. The quantitative estimate of drug-likeness (QED) is 0.886. The van der Waals surface area contributed by atoms with Crippen LogP contribution in [0.2, 0.25) is 0 Å². The van der Waals surface area contributed by atoms with Crippen LogP contribution in [0.4, 0.5) is 4.39 Å². The normalized spacial score (nSPS) is 17.2. The third kappa shape index (κ3) is 2.91. The first-order valence-electron chi connectivity index (χ1n) is 7.29. The van der Waals surface area contributed by atoms with Crippen molar-refractivity contribution in [3.63, 3.8) is 0 Å². The minimum Gasteiger partial charge on any atom is -0.310 e. The molecule has 0 spiro atoms. The van der Waals surface area contributed by atoms with Gasteiger partial charge in [0.15, 0.2) is 0 Å². The maximum absolute atomic E-state index is 13.2. The number of benzene rings is 2. The molecule has 2 aromatic rings. The molecule has 2 heteroatoms. The fourth-order valence-corrected chi connectivity index (χ4v) is 3.06. The summed E-state index contributed by atoms with van der Waals surface area (Å²) < 4.78 is 13.2. The molecule has 0 radical (unpaired) electrons. The lowest BCUT2D eigenvalue weighted by Crippen LogP contribution is -2.21. The molecule has 1 aliphatic rings. The summed E-state index contributed by atoms with van der Waals surface area (Å²) in [6, 6.07) is 14.2. The van der Waals surface area contributed by atoms with E-state index in [1.807, 2.05) is 6.07 Å². The van der Waals surface area contributed by atoms with E-state index in [2.05, 4.69) is 36.5 Å². The van der Waals surface area contributed by atoms with Crippen LogP contribution >= 0.6 is 0 Å². The molecule has 20 heavy (non-hydrogen) atoms. The van der Waals surface area contributed by atoms with Crippen molar-refractivity contribution in [1.82, 2.24) is 5.32 Å². The Hall–Kier alpha value is -1.67. The second kappa shape index (κ2) is 5.76. The van der Waals surface area contributed by atoms with Crippen LogP contribution in [0, 0.1) is 12.7 Å². The minimum absolute atomic E-state index is 0.121. The second-order valence-electron chi connectivity index (χ2n) is 5.63. The third-order valence-corrected chi connectivity index (χ3v) is 4.07. The van der Waals surface area contributed by atoms with Gasteiger partial charge in [-0.15, -0.1) is 0 Å². The highest BCUT2D eigenvalue weighted by molar-refractivity contribution is 5.35. The predicted molar refractivity (Wildman–Crippen MR) is 80.3 cm³/mol. The van der Waals surface area contributed by atoms with Gasteiger partial charge in [0.1, 0.15) is 5.82 Å².